The molecule has 5 aromatic rings. The highest BCUT2D eigenvalue weighted by molar-refractivity contribution is 7.90. The summed E-state index contributed by atoms with van der Waals surface area (Å²) in [5.74, 6) is 1.99. The number of ether oxygens (including phenoxy) is 2. The lowest BCUT2D eigenvalue weighted by Gasteiger charge is -2.22. The molecule has 0 spiro atoms. The van der Waals surface area contributed by atoms with Crippen LogP contribution in [-0.4, -0.2) is 65.3 Å². The fourth-order valence-corrected chi connectivity index (χ4v) is 10.2. The third-order valence-corrected chi connectivity index (χ3v) is 14.2. The van der Waals surface area contributed by atoms with Gasteiger partial charge >= 0.3 is 0 Å². The van der Waals surface area contributed by atoms with Crippen LogP contribution in [0.2, 0.25) is 5.02 Å². The number of halogens is 1. The number of sulfonamides is 1. The maximum absolute atomic E-state index is 13.6. The Balaban J connectivity index is 1.01. The van der Waals surface area contributed by atoms with Crippen LogP contribution >= 0.6 is 24.2 Å². The Kier molecular flexibility index (Phi) is 15.0. The van der Waals surface area contributed by atoms with E-state index in [1.165, 1.54) is 0 Å². The van der Waals surface area contributed by atoms with Gasteiger partial charge < -0.3 is 28.7 Å². The maximum atomic E-state index is 13.6. The number of amides is 1. The lowest BCUT2D eigenvalue weighted by molar-refractivity contribution is -0.120. The first kappa shape index (κ1) is 46.5. The average molecular weight is 924 g/mol. The summed E-state index contributed by atoms with van der Waals surface area (Å²) in [6, 6.07) is 30.8. The maximum Gasteiger partial charge on any atom is 0.241 e. The van der Waals surface area contributed by atoms with Crippen molar-refractivity contribution >= 4 is 67.7 Å². The SMILES string of the molecule is CCN(CC)c1ccc2c(-c3ccc(S(=O)(=O)NCCCCNC(=O)Cc4c(C)n(COc5ccc(Cl)cc5)c5ccc(OC)cc45)c(S)c3)c3ccc(=[N+](CC)CC)cc-3oc2c1. The number of hydrogen-bond acceptors (Lipinski definition) is 8. The van der Waals surface area contributed by atoms with Gasteiger partial charge in [0.05, 0.1) is 30.0 Å². The second-order valence-electron chi connectivity index (χ2n) is 15.6. The fraction of sp³-hybridized carbons (Fsp3) is 0.320. The van der Waals surface area contributed by atoms with E-state index in [2.05, 4.69) is 83.6 Å². The molecule has 7 rings (SSSR count). The predicted octanol–water partition coefficient (Wildman–Crippen LogP) is 9.53. The summed E-state index contributed by atoms with van der Waals surface area (Å²) in [4.78, 5) is 16.0. The third-order valence-electron chi connectivity index (χ3n) is 11.9. The van der Waals surface area contributed by atoms with Gasteiger partial charge in [0.15, 0.2) is 6.73 Å². The molecule has 11 nitrogen and oxygen atoms in total. The number of carbonyl (C=O) groups excluding carboxylic acids is 1. The average Bonchev–Trinajstić information content (AvgIpc) is 3.55. The largest absolute Gasteiger partial charge is 0.497 e. The van der Waals surface area contributed by atoms with E-state index in [4.69, 9.17) is 38.1 Å². The zero-order chi connectivity index (χ0) is 45.5. The van der Waals surface area contributed by atoms with Crippen molar-refractivity contribution in [2.75, 3.05) is 51.3 Å². The van der Waals surface area contributed by atoms with Gasteiger partial charge in [-0.2, -0.15) is 0 Å². The van der Waals surface area contributed by atoms with Gasteiger partial charge in [-0.3, -0.25) is 4.79 Å². The van der Waals surface area contributed by atoms with Crippen LogP contribution in [-0.2, 0) is 28.0 Å². The Morgan fingerprint density at radius 3 is 2.30 bits per heavy atom. The van der Waals surface area contributed by atoms with Crippen molar-refractivity contribution in [3.05, 3.63) is 119 Å². The number of nitrogens with one attached hydrogen (secondary N) is 2. The molecule has 64 heavy (non-hydrogen) atoms. The number of aromatic nitrogens is 1. The first-order chi connectivity index (χ1) is 30.9. The molecular weight excluding hydrogens is 866 g/mol. The Morgan fingerprint density at radius 1 is 0.859 bits per heavy atom. The predicted molar refractivity (Wildman–Crippen MR) is 262 cm³/mol. The van der Waals surface area contributed by atoms with E-state index in [-0.39, 0.29) is 30.5 Å². The van der Waals surface area contributed by atoms with E-state index >= 15 is 0 Å². The topological polar surface area (TPSA) is 118 Å². The highest BCUT2D eigenvalue weighted by atomic mass is 35.5. The van der Waals surface area contributed by atoms with Crippen molar-refractivity contribution < 1.29 is 27.1 Å². The molecule has 1 aliphatic heterocycles. The lowest BCUT2D eigenvalue weighted by Crippen LogP contribution is -2.29. The number of nitrogens with zero attached hydrogens (tertiary/aromatic N) is 3. The Bertz CT molecular complexity index is 2940. The summed E-state index contributed by atoms with van der Waals surface area (Å²) >= 11 is 10.8. The van der Waals surface area contributed by atoms with Gasteiger partial charge in [0.25, 0.3) is 0 Å². The second kappa shape index (κ2) is 20.6. The quantitative estimate of drug-likeness (QED) is 0.0320. The van der Waals surface area contributed by atoms with Crippen LogP contribution < -0.4 is 34.3 Å². The van der Waals surface area contributed by atoms with E-state index in [0.29, 0.717) is 40.8 Å². The minimum atomic E-state index is -3.89. The van der Waals surface area contributed by atoms with Gasteiger partial charge in [-0.25, -0.2) is 17.7 Å². The monoisotopic (exact) mass is 922 g/mol. The number of thiol groups is 1. The van der Waals surface area contributed by atoms with E-state index in [1.54, 1.807) is 25.3 Å². The smallest absolute Gasteiger partial charge is 0.241 e. The van der Waals surface area contributed by atoms with Crippen LogP contribution in [0.4, 0.5) is 5.69 Å². The minimum Gasteiger partial charge on any atom is -0.497 e. The van der Waals surface area contributed by atoms with Gasteiger partial charge in [0.2, 0.25) is 21.3 Å². The van der Waals surface area contributed by atoms with Crippen molar-refractivity contribution in [2.45, 2.75) is 70.4 Å². The zero-order valence-electron chi connectivity index (χ0n) is 37.3. The molecule has 0 fully saturated rings. The van der Waals surface area contributed by atoms with Crippen molar-refractivity contribution in [3.8, 4) is 33.9 Å². The van der Waals surface area contributed by atoms with Crippen LogP contribution in [0, 0.1) is 6.92 Å². The third kappa shape index (κ3) is 10.1. The first-order valence-electron chi connectivity index (χ1n) is 21.9. The summed E-state index contributed by atoms with van der Waals surface area (Å²) < 4.78 is 52.5. The van der Waals surface area contributed by atoms with E-state index in [1.807, 2.05) is 54.0 Å². The molecule has 14 heteroatoms. The van der Waals surface area contributed by atoms with Crippen molar-refractivity contribution in [2.24, 2.45) is 0 Å². The van der Waals surface area contributed by atoms with Gasteiger partial charge in [-0.05, 0) is 131 Å². The van der Waals surface area contributed by atoms with E-state index in [9.17, 15) is 13.2 Å². The van der Waals surface area contributed by atoms with Crippen LogP contribution in [0.1, 0.15) is 51.8 Å². The molecule has 1 aliphatic carbocycles. The van der Waals surface area contributed by atoms with Crippen molar-refractivity contribution in [3.63, 3.8) is 0 Å². The molecule has 0 unspecified atom stereocenters. The molecule has 1 amide bonds. The summed E-state index contributed by atoms with van der Waals surface area (Å²) in [6.45, 7) is 14.8. The number of unbranched alkanes of at least 4 members (excludes halogenated alkanes) is 1. The highest BCUT2D eigenvalue weighted by Gasteiger charge is 2.23. The molecule has 2 N–H and O–H groups in total. The molecule has 0 bridgehead atoms. The second-order valence-corrected chi connectivity index (χ2v) is 18.3. The molecule has 0 saturated carbocycles. The Hall–Kier alpha value is -5.47. The van der Waals surface area contributed by atoms with Crippen LogP contribution in [0.25, 0.3) is 44.3 Å². The van der Waals surface area contributed by atoms with Crippen LogP contribution in [0.5, 0.6) is 11.5 Å². The summed E-state index contributed by atoms with van der Waals surface area (Å²) in [5.41, 5.74) is 7.25. The molecule has 2 heterocycles. The zero-order valence-corrected chi connectivity index (χ0v) is 39.8. The molecule has 336 valence electrons. The van der Waals surface area contributed by atoms with Crippen LogP contribution in [0.15, 0.2) is 111 Å². The van der Waals surface area contributed by atoms with Crippen LogP contribution in [0.3, 0.4) is 0 Å². The van der Waals surface area contributed by atoms with Gasteiger partial charge in [0.1, 0.15) is 35.9 Å². The highest BCUT2D eigenvalue weighted by Crippen LogP contribution is 2.42. The Morgan fingerprint density at radius 2 is 1.59 bits per heavy atom. The molecule has 2 aliphatic rings. The van der Waals surface area contributed by atoms with Crippen molar-refractivity contribution in [1.29, 1.82) is 0 Å². The minimum absolute atomic E-state index is 0.0967. The Labute approximate surface area is 386 Å². The summed E-state index contributed by atoms with van der Waals surface area (Å²) in [5, 5.41) is 6.55. The standard InChI is InChI=1S/C50H56ClN5O6S2/c1-7-54(8-2)36-16-21-40-45(28-36)62-46-29-37(55(9-3)10-4)17-22-41(46)50(40)34-13-24-48(47(63)27-34)64(58,59)53-26-12-11-25-52-49(57)31-42-33(5)56(32-61-38-18-14-35(51)15-19-38)44-23-20-39(60-6)30-43(42)44/h13-24,27-30,53H,7-12,25-26,31-32H2,1-6H3,(H-,52,57,63)/p+1. The van der Waals surface area contributed by atoms with Crippen molar-refractivity contribution in [1.82, 2.24) is 19.2 Å². The van der Waals surface area contributed by atoms with Gasteiger partial charge in [-0.15, -0.1) is 12.6 Å². The molecule has 4 aromatic carbocycles. The molecule has 0 saturated heterocycles. The fourth-order valence-electron chi connectivity index (χ4n) is 8.35. The summed E-state index contributed by atoms with van der Waals surface area (Å²) in [6.07, 6.45) is 1.26. The molecular formula is C50H57ClN5O6S2+. The number of fused-ring (bicyclic) bond motifs is 3. The number of benzene rings is 5. The molecule has 0 radical (unpaired) electrons. The molecule has 0 atom stereocenters. The number of anilines is 1. The number of methoxy groups -OCH3 is 1. The van der Waals surface area contributed by atoms with Gasteiger partial charge in [0, 0.05) is 81.5 Å². The lowest BCUT2D eigenvalue weighted by atomic mass is 9.93. The first-order valence-corrected chi connectivity index (χ1v) is 24.2. The number of hydrogen-bond donors (Lipinski definition) is 3. The molecule has 1 aromatic heterocycles. The van der Waals surface area contributed by atoms with E-state index in [0.717, 1.165) is 92.8 Å². The number of carbonyl (C=O) groups is 1. The normalized spacial score (nSPS) is 11.7. The number of rotatable bonds is 19. The van der Waals surface area contributed by atoms with Gasteiger partial charge in [-0.1, -0.05) is 17.7 Å². The van der Waals surface area contributed by atoms with E-state index < -0.39 is 10.0 Å². The summed E-state index contributed by atoms with van der Waals surface area (Å²) in [7, 11) is -2.27.